The minimum absolute atomic E-state index is 0.0752. The van der Waals surface area contributed by atoms with Crippen LogP contribution < -0.4 is 15.8 Å². The number of hydrogen-bond donors (Lipinski definition) is 2. The Balaban J connectivity index is 1.77. The van der Waals surface area contributed by atoms with Crippen molar-refractivity contribution >= 4 is 11.6 Å². The van der Waals surface area contributed by atoms with Gasteiger partial charge in [-0.15, -0.1) is 0 Å². The third-order valence-corrected chi connectivity index (χ3v) is 4.15. The quantitative estimate of drug-likeness (QED) is 0.809. The Labute approximate surface area is 127 Å². The Morgan fingerprint density at radius 2 is 1.90 bits per heavy atom. The first-order valence-electron chi connectivity index (χ1n) is 7.95. The van der Waals surface area contributed by atoms with Crippen molar-refractivity contribution in [2.75, 3.05) is 11.9 Å². The van der Waals surface area contributed by atoms with E-state index in [1.165, 1.54) is 38.5 Å². The van der Waals surface area contributed by atoms with Crippen molar-refractivity contribution in [3.8, 4) is 5.75 Å². The normalized spacial score (nSPS) is 21.8. The van der Waals surface area contributed by atoms with Gasteiger partial charge >= 0.3 is 0 Å². The van der Waals surface area contributed by atoms with Gasteiger partial charge in [-0.1, -0.05) is 19.8 Å². The predicted octanol–water partition coefficient (Wildman–Crippen LogP) is 3.32. The van der Waals surface area contributed by atoms with E-state index < -0.39 is 5.91 Å². The second-order valence-corrected chi connectivity index (χ2v) is 5.93. The molecule has 0 aliphatic heterocycles. The number of nitrogens with one attached hydrogen (secondary N) is 1. The molecule has 4 nitrogen and oxygen atoms in total. The van der Waals surface area contributed by atoms with Crippen molar-refractivity contribution < 1.29 is 9.53 Å². The summed E-state index contributed by atoms with van der Waals surface area (Å²) in [6.07, 6.45) is 7.86. The van der Waals surface area contributed by atoms with Crippen molar-refractivity contribution in [1.82, 2.24) is 0 Å². The Kier molecular flexibility index (Phi) is 5.90. The minimum atomic E-state index is -0.457. The number of benzene rings is 1. The second-order valence-electron chi connectivity index (χ2n) is 5.93. The van der Waals surface area contributed by atoms with E-state index in [2.05, 4.69) is 12.2 Å². The highest BCUT2D eigenvalue weighted by Crippen LogP contribution is 2.29. The molecule has 0 heterocycles. The average Bonchev–Trinajstić information content (AvgIpc) is 2.49. The van der Waals surface area contributed by atoms with Gasteiger partial charge in [0.15, 0.2) is 6.61 Å². The average molecular weight is 290 g/mol. The molecule has 0 unspecified atom stereocenters. The third-order valence-electron chi connectivity index (χ3n) is 4.15. The number of anilines is 1. The topological polar surface area (TPSA) is 64.3 Å². The minimum Gasteiger partial charge on any atom is -0.484 e. The van der Waals surface area contributed by atoms with E-state index in [0.717, 1.165) is 11.6 Å². The standard InChI is InChI=1S/C17H26N2O2/c1-2-3-13-4-6-14(7-5-13)19-15-8-10-16(11-9-15)21-12-17(18)20/h8-11,13-14,19H,2-7,12H2,1H3,(H2,18,20). The molecule has 116 valence electrons. The maximum absolute atomic E-state index is 10.7. The molecule has 0 aromatic heterocycles. The van der Waals surface area contributed by atoms with Gasteiger partial charge in [0.05, 0.1) is 0 Å². The molecule has 0 spiro atoms. The summed E-state index contributed by atoms with van der Waals surface area (Å²) >= 11 is 0. The fourth-order valence-electron chi connectivity index (χ4n) is 3.04. The monoisotopic (exact) mass is 290 g/mol. The Bertz CT molecular complexity index is 437. The van der Waals surface area contributed by atoms with Gasteiger partial charge in [0, 0.05) is 11.7 Å². The zero-order chi connectivity index (χ0) is 15.1. The molecule has 1 aliphatic rings. The van der Waals surface area contributed by atoms with Crippen LogP contribution in [-0.2, 0) is 4.79 Å². The van der Waals surface area contributed by atoms with Crippen LogP contribution in [0.3, 0.4) is 0 Å². The van der Waals surface area contributed by atoms with E-state index in [0.29, 0.717) is 11.8 Å². The lowest BCUT2D eigenvalue weighted by atomic mass is 9.83. The largest absolute Gasteiger partial charge is 0.484 e. The summed E-state index contributed by atoms with van der Waals surface area (Å²) in [6.45, 7) is 2.19. The first kappa shape index (κ1) is 15.7. The van der Waals surface area contributed by atoms with Crippen LogP contribution in [0.15, 0.2) is 24.3 Å². The van der Waals surface area contributed by atoms with Crippen LogP contribution in [0.5, 0.6) is 5.75 Å². The molecule has 1 aromatic carbocycles. The van der Waals surface area contributed by atoms with E-state index in [4.69, 9.17) is 10.5 Å². The summed E-state index contributed by atoms with van der Waals surface area (Å²) in [5.41, 5.74) is 6.16. The zero-order valence-electron chi connectivity index (χ0n) is 12.8. The van der Waals surface area contributed by atoms with E-state index in [1.54, 1.807) is 0 Å². The lowest BCUT2D eigenvalue weighted by Gasteiger charge is -2.29. The molecule has 3 N–H and O–H groups in total. The van der Waals surface area contributed by atoms with Gasteiger partial charge in [-0.3, -0.25) is 4.79 Å². The van der Waals surface area contributed by atoms with Crippen LogP contribution in [-0.4, -0.2) is 18.6 Å². The Morgan fingerprint density at radius 1 is 1.24 bits per heavy atom. The lowest BCUT2D eigenvalue weighted by molar-refractivity contribution is -0.119. The number of hydrogen-bond acceptors (Lipinski definition) is 3. The number of nitrogens with two attached hydrogens (primary N) is 1. The molecular weight excluding hydrogens is 264 g/mol. The molecule has 0 radical (unpaired) electrons. The van der Waals surface area contributed by atoms with Crippen molar-refractivity contribution in [2.45, 2.75) is 51.5 Å². The smallest absolute Gasteiger partial charge is 0.255 e. The Hall–Kier alpha value is -1.71. The molecule has 1 fully saturated rings. The molecule has 1 amide bonds. The van der Waals surface area contributed by atoms with Crippen molar-refractivity contribution in [3.63, 3.8) is 0 Å². The molecule has 4 heteroatoms. The number of carbonyl (C=O) groups excluding carboxylic acids is 1. The number of ether oxygens (including phenoxy) is 1. The highest BCUT2D eigenvalue weighted by Gasteiger charge is 2.20. The lowest BCUT2D eigenvalue weighted by Crippen LogP contribution is -2.26. The molecule has 1 saturated carbocycles. The maximum atomic E-state index is 10.7. The molecule has 0 saturated heterocycles. The van der Waals surface area contributed by atoms with Crippen LogP contribution in [0.2, 0.25) is 0 Å². The van der Waals surface area contributed by atoms with Gasteiger partial charge in [-0.2, -0.15) is 0 Å². The number of primary amides is 1. The second kappa shape index (κ2) is 7.91. The molecule has 0 atom stereocenters. The molecule has 21 heavy (non-hydrogen) atoms. The van der Waals surface area contributed by atoms with Crippen LogP contribution in [0, 0.1) is 5.92 Å². The zero-order valence-corrected chi connectivity index (χ0v) is 12.8. The van der Waals surface area contributed by atoms with Crippen molar-refractivity contribution in [1.29, 1.82) is 0 Å². The highest BCUT2D eigenvalue weighted by atomic mass is 16.5. The van der Waals surface area contributed by atoms with Gasteiger partial charge in [-0.05, 0) is 55.9 Å². The van der Waals surface area contributed by atoms with Gasteiger partial charge in [0.2, 0.25) is 0 Å². The fraction of sp³-hybridized carbons (Fsp3) is 0.588. The van der Waals surface area contributed by atoms with Crippen molar-refractivity contribution in [3.05, 3.63) is 24.3 Å². The SMILES string of the molecule is CCCC1CCC(Nc2ccc(OCC(N)=O)cc2)CC1. The number of amides is 1. The summed E-state index contributed by atoms with van der Waals surface area (Å²) in [5, 5.41) is 3.59. The summed E-state index contributed by atoms with van der Waals surface area (Å²) < 4.78 is 5.25. The summed E-state index contributed by atoms with van der Waals surface area (Å²) in [5.74, 6) is 1.14. The van der Waals surface area contributed by atoms with E-state index in [9.17, 15) is 4.79 Å². The highest BCUT2D eigenvalue weighted by molar-refractivity contribution is 5.75. The summed E-state index contributed by atoms with van der Waals surface area (Å²) in [4.78, 5) is 10.7. The van der Waals surface area contributed by atoms with Crippen LogP contribution in [0.1, 0.15) is 45.4 Å². The molecule has 2 rings (SSSR count). The maximum Gasteiger partial charge on any atom is 0.255 e. The molecular formula is C17H26N2O2. The van der Waals surface area contributed by atoms with Crippen LogP contribution in [0.4, 0.5) is 5.69 Å². The summed E-state index contributed by atoms with van der Waals surface area (Å²) in [7, 11) is 0. The van der Waals surface area contributed by atoms with E-state index >= 15 is 0 Å². The van der Waals surface area contributed by atoms with E-state index in [-0.39, 0.29) is 6.61 Å². The van der Waals surface area contributed by atoms with E-state index in [1.807, 2.05) is 24.3 Å². The first-order chi connectivity index (χ1) is 10.2. The van der Waals surface area contributed by atoms with Crippen LogP contribution >= 0.6 is 0 Å². The molecule has 1 aliphatic carbocycles. The molecule has 1 aromatic rings. The van der Waals surface area contributed by atoms with Gasteiger partial charge < -0.3 is 15.8 Å². The first-order valence-corrected chi connectivity index (χ1v) is 7.95. The van der Waals surface area contributed by atoms with Gasteiger partial charge in [-0.25, -0.2) is 0 Å². The number of carbonyl (C=O) groups is 1. The predicted molar refractivity (Wildman–Crippen MR) is 85.4 cm³/mol. The van der Waals surface area contributed by atoms with Gasteiger partial charge in [0.1, 0.15) is 5.75 Å². The summed E-state index contributed by atoms with van der Waals surface area (Å²) in [6, 6.07) is 8.31. The van der Waals surface area contributed by atoms with Crippen LogP contribution in [0.25, 0.3) is 0 Å². The number of rotatable bonds is 7. The molecule has 0 bridgehead atoms. The van der Waals surface area contributed by atoms with Crippen molar-refractivity contribution in [2.24, 2.45) is 11.7 Å². The fourth-order valence-corrected chi connectivity index (χ4v) is 3.04. The van der Waals surface area contributed by atoms with Gasteiger partial charge in [0.25, 0.3) is 5.91 Å². The Morgan fingerprint density at radius 3 is 2.48 bits per heavy atom. The third kappa shape index (κ3) is 5.29.